The van der Waals surface area contributed by atoms with Crippen molar-refractivity contribution >= 4 is 38.7 Å². The molecule has 0 fully saturated rings. The molecule has 2 aromatic carbocycles. The van der Waals surface area contributed by atoms with Gasteiger partial charge in [0.25, 0.3) is 0 Å². The van der Waals surface area contributed by atoms with Gasteiger partial charge >= 0.3 is 5.69 Å². The van der Waals surface area contributed by atoms with Crippen molar-refractivity contribution in [2.75, 3.05) is 12.4 Å². The van der Waals surface area contributed by atoms with Crippen LogP contribution in [-0.2, 0) is 0 Å². The van der Waals surface area contributed by atoms with Crippen molar-refractivity contribution in [3.05, 3.63) is 63.7 Å². The summed E-state index contributed by atoms with van der Waals surface area (Å²) in [4.78, 5) is 23.1. The number of nitro groups is 1. The van der Waals surface area contributed by atoms with Gasteiger partial charge in [0, 0.05) is 23.8 Å². The lowest BCUT2D eigenvalue weighted by Gasteiger charge is -2.11. The predicted molar refractivity (Wildman–Crippen MR) is 108 cm³/mol. The number of halogens is 1. The molecule has 1 N–H and O–H groups in total. The number of rotatable bonds is 5. The fraction of sp³-hybridized carbons (Fsp3) is 0.105. The Morgan fingerprint density at radius 1 is 1.21 bits per heavy atom. The molecule has 0 aliphatic carbocycles. The molecule has 0 atom stereocenters. The lowest BCUT2D eigenvalue weighted by molar-refractivity contribution is -0.387. The molecule has 10 heteroatoms. The van der Waals surface area contributed by atoms with Gasteiger partial charge in [-0.2, -0.15) is 4.39 Å². The van der Waals surface area contributed by atoms with Gasteiger partial charge in [-0.3, -0.25) is 10.1 Å². The number of aryl methyl sites for hydroxylation is 1. The van der Waals surface area contributed by atoms with Crippen LogP contribution in [0.15, 0.2) is 42.7 Å². The summed E-state index contributed by atoms with van der Waals surface area (Å²) >= 11 is 1.59. The van der Waals surface area contributed by atoms with E-state index in [2.05, 4.69) is 20.3 Å². The molecule has 0 saturated heterocycles. The van der Waals surface area contributed by atoms with Crippen LogP contribution in [0.5, 0.6) is 5.75 Å². The molecule has 0 bridgehead atoms. The van der Waals surface area contributed by atoms with Gasteiger partial charge in [-0.1, -0.05) is 6.07 Å². The zero-order chi connectivity index (χ0) is 20.5. The van der Waals surface area contributed by atoms with Gasteiger partial charge in [-0.15, -0.1) is 11.3 Å². The van der Waals surface area contributed by atoms with E-state index in [0.717, 1.165) is 32.9 Å². The molecule has 0 radical (unpaired) electrons. The molecular formula is C19H14FN5O3S. The lowest BCUT2D eigenvalue weighted by atomic mass is 10.1. The van der Waals surface area contributed by atoms with Gasteiger partial charge in [-0.25, -0.2) is 15.0 Å². The Labute approximate surface area is 168 Å². The number of nitro benzene ring substituents is 1. The molecule has 0 unspecified atom stereocenters. The summed E-state index contributed by atoms with van der Waals surface area (Å²) in [6.07, 6.45) is 1.38. The summed E-state index contributed by atoms with van der Waals surface area (Å²) in [7, 11) is 1.35. The molecule has 2 heterocycles. The average Bonchev–Trinajstić information content (AvgIpc) is 3.08. The first-order chi connectivity index (χ1) is 13.9. The summed E-state index contributed by atoms with van der Waals surface area (Å²) in [5.41, 5.74) is 2.02. The summed E-state index contributed by atoms with van der Waals surface area (Å²) in [6.45, 7) is 1.95. The van der Waals surface area contributed by atoms with Crippen LogP contribution in [0.4, 0.5) is 21.6 Å². The molecule has 0 saturated carbocycles. The van der Waals surface area contributed by atoms with Crippen LogP contribution in [0.3, 0.4) is 0 Å². The Bertz CT molecular complexity index is 1240. The number of methoxy groups -OCH3 is 1. The van der Waals surface area contributed by atoms with E-state index in [-0.39, 0.29) is 11.4 Å². The van der Waals surface area contributed by atoms with Gasteiger partial charge in [0.05, 0.1) is 38.6 Å². The first kappa shape index (κ1) is 18.7. The third-order valence-electron chi connectivity index (χ3n) is 4.19. The van der Waals surface area contributed by atoms with Crippen LogP contribution in [0.25, 0.3) is 21.5 Å². The standard InChI is InChI=1S/C19H14FN5O3S/c1-10-23-13-4-3-11(5-18(13)29-10)14-8-19(22-9-21-14)24-15-7-16(25(26)27)12(20)6-17(15)28-2/h3-9H,1-2H3,(H,21,22,24). The smallest absolute Gasteiger partial charge is 0.307 e. The summed E-state index contributed by atoms with van der Waals surface area (Å²) in [5, 5.41) is 15.0. The van der Waals surface area contributed by atoms with E-state index in [0.29, 0.717) is 11.5 Å². The van der Waals surface area contributed by atoms with Gasteiger partial charge in [0.1, 0.15) is 17.9 Å². The van der Waals surface area contributed by atoms with E-state index >= 15 is 0 Å². The largest absolute Gasteiger partial charge is 0.494 e. The minimum atomic E-state index is -0.978. The molecule has 0 aliphatic rings. The Morgan fingerprint density at radius 3 is 2.79 bits per heavy atom. The molecule has 8 nitrogen and oxygen atoms in total. The van der Waals surface area contributed by atoms with Crippen LogP contribution in [0, 0.1) is 22.9 Å². The quantitative estimate of drug-likeness (QED) is 0.369. The van der Waals surface area contributed by atoms with Crippen molar-refractivity contribution in [1.82, 2.24) is 15.0 Å². The highest BCUT2D eigenvalue weighted by Crippen LogP contribution is 2.34. The van der Waals surface area contributed by atoms with E-state index in [4.69, 9.17) is 4.74 Å². The normalized spacial score (nSPS) is 10.9. The van der Waals surface area contributed by atoms with Crippen molar-refractivity contribution in [1.29, 1.82) is 0 Å². The Morgan fingerprint density at radius 2 is 2.03 bits per heavy atom. The van der Waals surface area contributed by atoms with Gasteiger partial charge in [-0.05, 0) is 19.1 Å². The van der Waals surface area contributed by atoms with Crippen molar-refractivity contribution in [2.24, 2.45) is 0 Å². The van der Waals surface area contributed by atoms with Crippen LogP contribution in [-0.4, -0.2) is 27.0 Å². The van der Waals surface area contributed by atoms with E-state index in [1.165, 1.54) is 13.4 Å². The molecule has 0 aliphatic heterocycles. The first-order valence-electron chi connectivity index (χ1n) is 8.43. The summed E-state index contributed by atoms with van der Waals surface area (Å²) in [5.74, 6) is -0.474. The molecule has 0 amide bonds. The Kier molecular flexibility index (Phi) is 4.77. The number of thiazole rings is 1. The zero-order valence-electron chi connectivity index (χ0n) is 15.3. The second kappa shape index (κ2) is 7.40. The number of nitrogens with one attached hydrogen (secondary N) is 1. The maximum absolute atomic E-state index is 13.8. The monoisotopic (exact) mass is 411 g/mol. The number of fused-ring (bicyclic) bond motifs is 1. The topological polar surface area (TPSA) is 103 Å². The summed E-state index contributed by atoms with van der Waals surface area (Å²) in [6, 6.07) is 9.57. The first-order valence-corrected chi connectivity index (χ1v) is 9.25. The van der Waals surface area contributed by atoms with Gasteiger partial charge < -0.3 is 10.1 Å². The minimum Gasteiger partial charge on any atom is -0.494 e. The van der Waals surface area contributed by atoms with Crippen molar-refractivity contribution in [3.8, 4) is 17.0 Å². The number of hydrogen-bond donors (Lipinski definition) is 1. The fourth-order valence-corrected chi connectivity index (χ4v) is 3.74. The lowest BCUT2D eigenvalue weighted by Crippen LogP contribution is -2.01. The van der Waals surface area contributed by atoms with Gasteiger partial charge in [0.2, 0.25) is 5.82 Å². The molecule has 29 heavy (non-hydrogen) atoms. The van der Waals surface area contributed by atoms with Crippen molar-refractivity contribution in [2.45, 2.75) is 6.92 Å². The number of ether oxygens (including phenoxy) is 1. The SMILES string of the molecule is COc1cc(F)c([N+](=O)[O-])cc1Nc1cc(-c2ccc3nc(C)sc3c2)ncn1. The molecular weight excluding hydrogens is 397 g/mol. The highest BCUT2D eigenvalue weighted by atomic mass is 32.1. The molecule has 0 spiro atoms. The second-order valence-electron chi connectivity index (χ2n) is 6.09. The van der Waals surface area contributed by atoms with Crippen LogP contribution in [0.2, 0.25) is 0 Å². The number of benzene rings is 2. The number of anilines is 2. The molecule has 4 aromatic rings. The van der Waals surface area contributed by atoms with Crippen molar-refractivity contribution in [3.63, 3.8) is 0 Å². The minimum absolute atomic E-state index is 0.120. The Hall–Kier alpha value is -3.66. The highest BCUT2D eigenvalue weighted by Gasteiger charge is 2.19. The van der Waals surface area contributed by atoms with E-state index in [1.54, 1.807) is 17.4 Å². The maximum Gasteiger partial charge on any atom is 0.307 e. The van der Waals surface area contributed by atoms with Crippen LogP contribution < -0.4 is 10.1 Å². The van der Waals surface area contributed by atoms with E-state index in [9.17, 15) is 14.5 Å². The predicted octanol–water partition coefficient (Wildman–Crippen LogP) is 4.86. The zero-order valence-corrected chi connectivity index (χ0v) is 16.2. The molecule has 146 valence electrons. The maximum atomic E-state index is 13.8. The average molecular weight is 411 g/mol. The van der Waals surface area contributed by atoms with Gasteiger partial charge in [0.15, 0.2) is 0 Å². The fourth-order valence-electron chi connectivity index (χ4n) is 2.87. The van der Waals surface area contributed by atoms with E-state index < -0.39 is 16.4 Å². The second-order valence-corrected chi connectivity index (χ2v) is 7.32. The third kappa shape index (κ3) is 3.69. The highest BCUT2D eigenvalue weighted by molar-refractivity contribution is 7.18. The van der Waals surface area contributed by atoms with Crippen LogP contribution in [0.1, 0.15) is 5.01 Å². The van der Waals surface area contributed by atoms with E-state index in [1.807, 2.05) is 25.1 Å². The summed E-state index contributed by atoms with van der Waals surface area (Å²) < 4.78 is 20.0. The molecule has 4 rings (SSSR count). The van der Waals surface area contributed by atoms with Crippen LogP contribution >= 0.6 is 11.3 Å². The number of aromatic nitrogens is 3. The molecule has 2 aromatic heterocycles. The van der Waals surface area contributed by atoms with Crippen molar-refractivity contribution < 1.29 is 14.1 Å². The number of nitrogens with zero attached hydrogens (tertiary/aromatic N) is 4. The number of hydrogen-bond acceptors (Lipinski definition) is 8. The Balaban J connectivity index is 1.70. The third-order valence-corrected chi connectivity index (χ3v) is 5.12.